The van der Waals surface area contributed by atoms with Crippen LogP contribution in [-0.2, 0) is 0 Å². The highest BCUT2D eigenvalue weighted by atomic mass is 79.9. The molecule has 0 fully saturated rings. The van der Waals surface area contributed by atoms with E-state index in [1.807, 2.05) is 6.07 Å². The van der Waals surface area contributed by atoms with Gasteiger partial charge >= 0.3 is 5.97 Å². The summed E-state index contributed by atoms with van der Waals surface area (Å²) in [5, 5.41) is 8.74. The minimum Gasteiger partial charge on any atom is -0.423 e. The molecule has 0 amide bonds. The van der Waals surface area contributed by atoms with Crippen LogP contribution in [0.4, 0.5) is 0 Å². The van der Waals surface area contributed by atoms with E-state index in [-0.39, 0.29) is 0 Å². The van der Waals surface area contributed by atoms with Gasteiger partial charge in [-0.25, -0.2) is 4.79 Å². The first kappa shape index (κ1) is 12.3. The molecule has 0 saturated heterocycles. The summed E-state index contributed by atoms with van der Waals surface area (Å²) >= 11 is 3.23. The van der Waals surface area contributed by atoms with E-state index in [4.69, 9.17) is 10.00 Å². The molecular formula is C13H7BrN2O2. The second-order valence-corrected chi connectivity index (χ2v) is 4.34. The summed E-state index contributed by atoms with van der Waals surface area (Å²) in [6, 6.07) is 10.0. The summed E-state index contributed by atoms with van der Waals surface area (Å²) in [5.74, 6) is -0.182. The van der Waals surface area contributed by atoms with Crippen LogP contribution in [0.3, 0.4) is 0 Å². The number of ether oxygens (including phenoxy) is 1. The molecule has 0 saturated carbocycles. The smallest absolute Gasteiger partial charge is 0.345 e. The fraction of sp³-hybridized carbons (Fsp3) is 0. The van der Waals surface area contributed by atoms with Crippen LogP contribution in [0.2, 0.25) is 0 Å². The number of halogens is 1. The topological polar surface area (TPSA) is 63.0 Å². The third-order valence-electron chi connectivity index (χ3n) is 2.11. The third-order valence-corrected chi connectivity index (χ3v) is 2.55. The zero-order valence-corrected chi connectivity index (χ0v) is 10.7. The molecule has 5 heteroatoms. The van der Waals surface area contributed by atoms with Crippen LogP contribution in [0.1, 0.15) is 15.9 Å². The summed E-state index contributed by atoms with van der Waals surface area (Å²) < 4.78 is 5.84. The van der Waals surface area contributed by atoms with Gasteiger partial charge in [-0.3, -0.25) is 4.98 Å². The molecular weight excluding hydrogens is 296 g/mol. The molecule has 0 atom stereocenters. The average Bonchev–Trinajstić information content (AvgIpc) is 2.39. The first-order valence-electron chi connectivity index (χ1n) is 5.02. The Morgan fingerprint density at radius 1 is 1.33 bits per heavy atom. The monoisotopic (exact) mass is 302 g/mol. The van der Waals surface area contributed by atoms with E-state index >= 15 is 0 Å². The molecule has 0 N–H and O–H groups in total. The number of pyridine rings is 1. The highest BCUT2D eigenvalue weighted by Crippen LogP contribution is 2.16. The van der Waals surface area contributed by atoms with E-state index in [0.717, 1.165) is 0 Å². The first-order chi connectivity index (χ1) is 8.69. The van der Waals surface area contributed by atoms with E-state index in [2.05, 4.69) is 20.9 Å². The van der Waals surface area contributed by atoms with Gasteiger partial charge in [0.25, 0.3) is 0 Å². The van der Waals surface area contributed by atoms with Crippen molar-refractivity contribution in [2.24, 2.45) is 0 Å². The molecule has 0 aliphatic heterocycles. The van der Waals surface area contributed by atoms with E-state index in [9.17, 15) is 4.79 Å². The Hall–Kier alpha value is -2.19. The lowest BCUT2D eigenvalue weighted by molar-refractivity contribution is 0.0734. The van der Waals surface area contributed by atoms with Crippen molar-refractivity contribution in [3.05, 3.63) is 58.3 Å². The summed E-state index contributed by atoms with van der Waals surface area (Å²) in [5.41, 5.74) is 0.777. The maximum atomic E-state index is 11.8. The van der Waals surface area contributed by atoms with Crippen LogP contribution >= 0.6 is 15.9 Å². The molecule has 0 radical (unpaired) electrons. The fourth-order valence-corrected chi connectivity index (χ4v) is 1.68. The minimum absolute atomic E-state index is 0.332. The molecule has 18 heavy (non-hydrogen) atoms. The molecule has 0 aliphatic rings. The van der Waals surface area contributed by atoms with Gasteiger partial charge in [0.2, 0.25) is 0 Å². The van der Waals surface area contributed by atoms with Crippen LogP contribution in [0.25, 0.3) is 0 Å². The second-order valence-electron chi connectivity index (χ2n) is 3.42. The highest BCUT2D eigenvalue weighted by molar-refractivity contribution is 9.10. The van der Waals surface area contributed by atoms with Gasteiger partial charge in [-0.2, -0.15) is 5.26 Å². The molecule has 2 rings (SSSR count). The van der Waals surface area contributed by atoms with Crippen molar-refractivity contribution >= 4 is 21.9 Å². The number of carbonyl (C=O) groups is 1. The first-order valence-corrected chi connectivity index (χ1v) is 5.81. The molecule has 0 spiro atoms. The SMILES string of the molecule is N#Cc1cccc(OC(=O)c2cncc(Br)c2)c1. The molecule has 0 aliphatic carbocycles. The van der Waals surface area contributed by atoms with Gasteiger partial charge in [-0.1, -0.05) is 6.07 Å². The molecule has 1 aromatic carbocycles. The van der Waals surface area contributed by atoms with Crippen LogP contribution < -0.4 is 4.74 Å². The van der Waals surface area contributed by atoms with E-state index < -0.39 is 5.97 Å². The zero-order chi connectivity index (χ0) is 13.0. The number of nitriles is 1. The number of nitrogens with zero attached hydrogens (tertiary/aromatic N) is 2. The largest absolute Gasteiger partial charge is 0.423 e. The van der Waals surface area contributed by atoms with Gasteiger partial charge in [0.05, 0.1) is 17.2 Å². The molecule has 1 heterocycles. The Kier molecular flexibility index (Phi) is 3.70. The van der Waals surface area contributed by atoms with Gasteiger partial charge in [0.1, 0.15) is 5.75 Å². The molecule has 88 valence electrons. The average molecular weight is 303 g/mol. The van der Waals surface area contributed by atoms with E-state index in [0.29, 0.717) is 21.3 Å². The molecule has 4 nitrogen and oxygen atoms in total. The Bertz CT molecular complexity index is 635. The maximum absolute atomic E-state index is 11.8. The Balaban J connectivity index is 2.19. The fourth-order valence-electron chi connectivity index (χ4n) is 1.32. The molecule has 2 aromatic rings. The van der Waals surface area contributed by atoms with Gasteiger partial charge in [-0.15, -0.1) is 0 Å². The van der Waals surface area contributed by atoms with E-state index in [1.165, 1.54) is 12.3 Å². The lowest BCUT2D eigenvalue weighted by Crippen LogP contribution is -2.08. The predicted octanol–water partition coefficient (Wildman–Crippen LogP) is 2.93. The van der Waals surface area contributed by atoms with Gasteiger partial charge < -0.3 is 4.74 Å². The number of hydrogen-bond donors (Lipinski definition) is 0. The molecule has 0 bridgehead atoms. The molecule has 1 aromatic heterocycles. The van der Waals surface area contributed by atoms with Crippen molar-refractivity contribution in [3.8, 4) is 11.8 Å². The lowest BCUT2D eigenvalue weighted by Gasteiger charge is -2.04. The van der Waals surface area contributed by atoms with Crippen LogP contribution in [0, 0.1) is 11.3 Å². The summed E-state index contributed by atoms with van der Waals surface area (Å²) in [7, 11) is 0. The standard InChI is InChI=1S/C13H7BrN2O2/c14-11-5-10(7-16-8-11)13(17)18-12-3-1-2-9(4-12)6-15/h1-5,7-8H. The van der Waals surface area contributed by atoms with Crippen molar-refractivity contribution in [3.63, 3.8) is 0 Å². The second kappa shape index (κ2) is 5.43. The Morgan fingerprint density at radius 2 is 2.17 bits per heavy atom. The minimum atomic E-state index is -0.515. The summed E-state index contributed by atoms with van der Waals surface area (Å²) in [6.07, 6.45) is 2.99. The zero-order valence-electron chi connectivity index (χ0n) is 9.13. The number of benzene rings is 1. The van der Waals surface area contributed by atoms with Gasteiger partial charge in [0.15, 0.2) is 0 Å². The van der Waals surface area contributed by atoms with Crippen LogP contribution in [-0.4, -0.2) is 11.0 Å². The summed E-state index contributed by atoms with van der Waals surface area (Å²) in [4.78, 5) is 15.7. The van der Waals surface area contributed by atoms with Crippen molar-refractivity contribution in [2.75, 3.05) is 0 Å². The summed E-state index contributed by atoms with van der Waals surface area (Å²) in [6.45, 7) is 0. The van der Waals surface area contributed by atoms with Crippen molar-refractivity contribution in [1.82, 2.24) is 4.98 Å². The third kappa shape index (κ3) is 2.93. The van der Waals surface area contributed by atoms with Crippen LogP contribution in [0.15, 0.2) is 47.2 Å². The Labute approximate surface area is 112 Å². The normalized spacial score (nSPS) is 9.56. The van der Waals surface area contributed by atoms with Crippen molar-refractivity contribution in [2.45, 2.75) is 0 Å². The number of carbonyl (C=O) groups excluding carboxylic acids is 1. The number of aromatic nitrogens is 1. The van der Waals surface area contributed by atoms with Gasteiger partial charge in [-0.05, 0) is 40.2 Å². The number of rotatable bonds is 2. The Morgan fingerprint density at radius 3 is 2.89 bits per heavy atom. The lowest BCUT2D eigenvalue weighted by atomic mass is 10.2. The number of esters is 1. The maximum Gasteiger partial charge on any atom is 0.345 e. The predicted molar refractivity (Wildman–Crippen MR) is 68.1 cm³/mol. The van der Waals surface area contributed by atoms with Crippen molar-refractivity contribution in [1.29, 1.82) is 5.26 Å². The van der Waals surface area contributed by atoms with Crippen molar-refractivity contribution < 1.29 is 9.53 Å². The molecule has 0 unspecified atom stereocenters. The quantitative estimate of drug-likeness (QED) is 0.632. The van der Waals surface area contributed by atoms with E-state index in [1.54, 1.807) is 30.5 Å². The highest BCUT2D eigenvalue weighted by Gasteiger charge is 2.09. The number of hydrogen-bond acceptors (Lipinski definition) is 4. The van der Waals surface area contributed by atoms with Gasteiger partial charge in [0, 0.05) is 16.9 Å². The van der Waals surface area contributed by atoms with Crippen LogP contribution in [0.5, 0.6) is 5.75 Å².